The Morgan fingerprint density at radius 2 is 1.74 bits per heavy atom. The van der Waals surface area contributed by atoms with Crippen LogP contribution in [0.25, 0.3) is 0 Å². The van der Waals surface area contributed by atoms with Gasteiger partial charge in [-0.3, -0.25) is 4.72 Å². The molecule has 0 amide bonds. The lowest BCUT2D eigenvalue weighted by Gasteiger charge is -2.10. The van der Waals surface area contributed by atoms with E-state index in [0.29, 0.717) is 11.4 Å². The van der Waals surface area contributed by atoms with Gasteiger partial charge in [0.15, 0.2) is 0 Å². The first-order chi connectivity index (χ1) is 8.88. The van der Waals surface area contributed by atoms with Gasteiger partial charge in [0.25, 0.3) is 10.0 Å². The summed E-state index contributed by atoms with van der Waals surface area (Å²) in [6.45, 7) is 0. The van der Waals surface area contributed by atoms with Crippen molar-refractivity contribution in [3.05, 3.63) is 51.1 Å². The second-order valence-corrected chi connectivity index (χ2v) is 7.11. The van der Waals surface area contributed by atoms with Gasteiger partial charge in [-0.25, -0.2) is 8.42 Å². The van der Waals surface area contributed by atoms with Crippen LogP contribution in [0.15, 0.2) is 47.4 Å². The van der Waals surface area contributed by atoms with Crippen LogP contribution in [-0.2, 0) is 10.0 Å². The number of anilines is 2. The quantitative estimate of drug-likeness (QED) is 0.604. The fourth-order valence-corrected chi connectivity index (χ4v) is 3.41. The van der Waals surface area contributed by atoms with E-state index in [9.17, 15) is 8.42 Å². The monoisotopic (exact) mass is 408 g/mol. The van der Waals surface area contributed by atoms with Crippen molar-refractivity contribution in [1.82, 2.24) is 0 Å². The third kappa shape index (κ3) is 3.52. The van der Waals surface area contributed by atoms with Gasteiger partial charge in [-0.15, -0.1) is 0 Å². The number of sulfonamides is 1. The Balaban J connectivity index is 2.37. The van der Waals surface area contributed by atoms with Crippen LogP contribution in [-0.4, -0.2) is 8.42 Å². The van der Waals surface area contributed by atoms with E-state index in [2.05, 4.69) is 27.3 Å². The smallest absolute Gasteiger partial charge is 0.263 e. The summed E-state index contributed by atoms with van der Waals surface area (Å²) in [7, 11) is -3.74. The van der Waals surface area contributed by atoms with Crippen LogP contribution in [0.3, 0.4) is 0 Å². The first kappa shape index (κ1) is 14.4. The Bertz CT molecular complexity index is 702. The van der Waals surface area contributed by atoms with Crippen LogP contribution in [0.1, 0.15) is 0 Å². The maximum atomic E-state index is 12.2. The molecule has 2 aromatic rings. The minimum absolute atomic E-state index is 0.0345. The van der Waals surface area contributed by atoms with Crippen molar-refractivity contribution in [3.63, 3.8) is 0 Å². The zero-order valence-electron chi connectivity index (χ0n) is 9.60. The zero-order valence-corrected chi connectivity index (χ0v) is 13.3. The number of nitrogens with one attached hydrogen (secondary N) is 1. The molecule has 0 unspecified atom stereocenters. The van der Waals surface area contributed by atoms with E-state index in [1.54, 1.807) is 30.3 Å². The van der Waals surface area contributed by atoms with Crippen LogP contribution >= 0.6 is 34.2 Å². The summed E-state index contributed by atoms with van der Waals surface area (Å²) in [6.07, 6.45) is 0. The second kappa shape index (κ2) is 5.56. The van der Waals surface area contributed by atoms with Crippen LogP contribution in [0.5, 0.6) is 0 Å². The molecule has 100 valence electrons. The SMILES string of the molecule is Nc1ccc(Cl)c(S(=O)(=O)Nc2ccc(I)cc2)c1. The van der Waals surface area contributed by atoms with Gasteiger partial charge in [0.1, 0.15) is 4.90 Å². The fraction of sp³-hybridized carbons (Fsp3) is 0. The summed E-state index contributed by atoms with van der Waals surface area (Å²) < 4.78 is 27.9. The summed E-state index contributed by atoms with van der Waals surface area (Å²) in [5, 5.41) is 0.132. The summed E-state index contributed by atoms with van der Waals surface area (Å²) in [5.74, 6) is 0. The molecule has 0 saturated carbocycles. The highest BCUT2D eigenvalue weighted by molar-refractivity contribution is 14.1. The van der Waals surface area contributed by atoms with Gasteiger partial charge < -0.3 is 5.73 Å². The molecule has 2 rings (SSSR count). The van der Waals surface area contributed by atoms with E-state index in [0.717, 1.165) is 3.57 Å². The van der Waals surface area contributed by atoms with Crippen molar-refractivity contribution >= 4 is 55.6 Å². The molecule has 0 saturated heterocycles. The fourth-order valence-electron chi connectivity index (χ4n) is 1.45. The van der Waals surface area contributed by atoms with E-state index < -0.39 is 10.0 Å². The molecule has 7 heteroatoms. The lowest BCUT2D eigenvalue weighted by atomic mass is 10.3. The Kier molecular flexibility index (Phi) is 4.22. The predicted molar refractivity (Wildman–Crippen MR) is 85.8 cm³/mol. The summed E-state index contributed by atoms with van der Waals surface area (Å²) in [5.41, 5.74) is 6.40. The maximum Gasteiger partial charge on any atom is 0.263 e. The zero-order chi connectivity index (χ0) is 14.0. The van der Waals surface area contributed by atoms with E-state index in [-0.39, 0.29) is 9.92 Å². The summed E-state index contributed by atoms with van der Waals surface area (Å²) in [4.78, 5) is -0.0345. The average Bonchev–Trinajstić information content (AvgIpc) is 2.35. The number of nitrogens with two attached hydrogens (primary N) is 1. The third-order valence-corrected chi connectivity index (χ3v) is 4.92. The van der Waals surface area contributed by atoms with Gasteiger partial charge in [0, 0.05) is 14.9 Å². The lowest BCUT2D eigenvalue weighted by Crippen LogP contribution is -2.13. The van der Waals surface area contributed by atoms with Crippen molar-refractivity contribution in [2.45, 2.75) is 4.90 Å². The number of nitrogen functional groups attached to an aromatic ring is 1. The highest BCUT2D eigenvalue weighted by Gasteiger charge is 2.18. The van der Waals surface area contributed by atoms with E-state index in [4.69, 9.17) is 17.3 Å². The standard InChI is InChI=1S/C12H10ClIN2O2S/c13-11-6-3-9(15)7-12(11)19(17,18)16-10-4-1-8(14)2-5-10/h1-7,16H,15H2. The second-order valence-electron chi connectivity index (χ2n) is 3.80. The van der Waals surface area contributed by atoms with Gasteiger partial charge in [0.05, 0.1) is 5.02 Å². The number of rotatable bonds is 3. The largest absolute Gasteiger partial charge is 0.399 e. The highest BCUT2D eigenvalue weighted by atomic mass is 127. The molecule has 0 atom stereocenters. The van der Waals surface area contributed by atoms with Crippen molar-refractivity contribution in [2.24, 2.45) is 0 Å². The van der Waals surface area contributed by atoms with Gasteiger partial charge in [0.2, 0.25) is 0 Å². The molecule has 0 heterocycles. The number of halogens is 2. The molecule has 0 spiro atoms. The first-order valence-electron chi connectivity index (χ1n) is 5.22. The first-order valence-corrected chi connectivity index (χ1v) is 8.16. The Morgan fingerprint density at radius 3 is 2.37 bits per heavy atom. The topological polar surface area (TPSA) is 72.2 Å². The van der Waals surface area contributed by atoms with E-state index in [1.807, 2.05) is 0 Å². The summed E-state index contributed by atoms with van der Waals surface area (Å²) in [6, 6.07) is 11.3. The molecule has 2 aromatic carbocycles. The van der Waals surface area contributed by atoms with Crippen LogP contribution in [0.2, 0.25) is 5.02 Å². The molecule has 0 aliphatic carbocycles. The molecule has 3 N–H and O–H groups in total. The average molecular weight is 409 g/mol. The van der Waals surface area contributed by atoms with Gasteiger partial charge in [-0.05, 0) is 65.1 Å². The number of hydrogen-bond acceptors (Lipinski definition) is 3. The highest BCUT2D eigenvalue weighted by Crippen LogP contribution is 2.26. The number of hydrogen-bond donors (Lipinski definition) is 2. The molecular weight excluding hydrogens is 399 g/mol. The maximum absolute atomic E-state index is 12.2. The van der Waals surface area contributed by atoms with E-state index in [1.165, 1.54) is 12.1 Å². The minimum Gasteiger partial charge on any atom is -0.399 e. The number of benzene rings is 2. The van der Waals surface area contributed by atoms with Gasteiger partial charge in [-0.2, -0.15) is 0 Å². The molecule has 0 aliphatic rings. The Hall–Kier alpha value is -0.990. The molecule has 4 nitrogen and oxygen atoms in total. The summed E-state index contributed by atoms with van der Waals surface area (Å²) >= 11 is 8.04. The molecule has 0 bridgehead atoms. The molecule has 0 radical (unpaired) electrons. The van der Waals surface area contributed by atoms with Crippen molar-refractivity contribution < 1.29 is 8.42 Å². The van der Waals surface area contributed by atoms with Crippen molar-refractivity contribution in [1.29, 1.82) is 0 Å². The van der Waals surface area contributed by atoms with Gasteiger partial charge in [-0.1, -0.05) is 11.6 Å². The predicted octanol–water partition coefficient (Wildman–Crippen LogP) is 3.33. The van der Waals surface area contributed by atoms with Crippen molar-refractivity contribution in [3.8, 4) is 0 Å². The van der Waals surface area contributed by atoms with E-state index >= 15 is 0 Å². The van der Waals surface area contributed by atoms with Crippen LogP contribution in [0, 0.1) is 3.57 Å². The third-order valence-electron chi connectivity index (χ3n) is 2.34. The van der Waals surface area contributed by atoms with Crippen LogP contribution < -0.4 is 10.5 Å². The van der Waals surface area contributed by atoms with Gasteiger partial charge >= 0.3 is 0 Å². The molecule has 0 aliphatic heterocycles. The normalized spacial score (nSPS) is 11.3. The lowest BCUT2D eigenvalue weighted by molar-refractivity contribution is 0.601. The molecule has 0 fully saturated rings. The Morgan fingerprint density at radius 1 is 1.11 bits per heavy atom. The molecule has 0 aromatic heterocycles. The Labute approximate surface area is 130 Å². The van der Waals surface area contributed by atoms with Crippen molar-refractivity contribution in [2.75, 3.05) is 10.5 Å². The van der Waals surface area contributed by atoms with Crippen LogP contribution in [0.4, 0.5) is 11.4 Å². The molecule has 19 heavy (non-hydrogen) atoms. The minimum atomic E-state index is -3.74. The molecular formula is C12H10ClIN2O2S.